The number of ether oxygens (including phenoxy) is 1. The van der Waals surface area contributed by atoms with Crippen LogP contribution in [0.2, 0.25) is 0 Å². The first kappa shape index (κ1) is 17.0. The van der Waals surface area contributed by atoms with Gasteiger partial charge in [-0.25, -0.2) is 14.8 Å². The van der Waals surface area contributed by atoms with E-state index < -0.39 is 10.9 Å². The summed E-state index contributed by atoms with van der Waals surface area (Å²) in [5.74, 6) is -0.476. The summed E-state index contributed by atoms with van der Waals surface area (Å²) in [6.45, 7) is 0. The Morgan fingerprint density at radius 1 is 1.12 bits per heavy atom. The average Bonchev–Trinajstić information content (AvgIpc) is 2.68. The summed E-state index contributed by atoms with van der Waals surface area (Å²) < 4.78 is 4.59. The monoisotopic (exact) mass is 350 g/mol. The zero-order valence-electron chi connectivity index (χ0n) is 13.7. The van der Waals surface area contributed by atoms with Crippen molar-refractivity contribution in [2.45, 2.75) is 0 Å². The maximum Gasteiger partial charge on any atom is 0.356 e. The molecule has 8 nitrogen and oxygen atoms in total. The summed E-state index contributed by atoms with van der Waals surface area (Å²) in [7, 11) is 1.26. The number of hydrogen-bond acceptors (Lipinski definition) is 7. The number of rotatable bonds is 5. The molecule has 2 heterocycles. The summed E-state index contributed by atoms with van der Waals surface area (Å²) in [5, 5.41) is 14.2. The van der Waals surface area contributed by atoms with Crippen LogP contribution in [0.3, 0.4) is 0 Å². The molecule has 1 aromatic carbocycles. The lowest BCUT2D eigenvalue weighted by molar-refractivity contribution is -0.384. The molecule has 0 fully saturated rings. The van der Waals surface area contributed by atoms with E-state index in [0.717, 1.165) is 5.56 Å². The van der Waals surface area contributed by atoms with Gasteiger partial charge in [-0.3, -0.25) is 10.1 Å². The van der Waals surface area contributed by atoms with Crippen LogP contribution < -0.4 is 5.32 Å². The van der Waals surface area contributed by atoms with Gasteiger partial charge in [0.15, 0.2) is 0 Å². The Balaban J connectivity index is 1.94. The normalized spacial score (nSPS) is 10.2. The van der Waals surface area contributed by atoms with Crippen molar-refractivity contribution >= 4 is 23.2 Å². The molecule has 0 aliphatic carbocycles. The number of nitro groups is 1. The van der Waals surface area contributed by atoms with Crippen molar-refractivity contribution in [2.75, 3.05) is 12.4 Å². The fraction of sp³-hybridized carbons (Fsp3) is 0.0556. The summed E-state index contributed by atoms with van der Waals surface area (Å²) in [4.78, 5) is 30.5. The topological polar surface area (TPSA) is 107 Å². The lowest BCUT2D eigenvalue weighted by Gasteiger charge is -2.09. The van der Waals surface area contributed by atoms with Crippen LogP contribution >= 0.6 is 0 Å². The summed E-state index contributed by atoms with van der Waals surface area (Å²) >= 11 is 0. The molecule has 0 saturated heterocycles. The lowest BCUT2D eigenvalue weighted by atomic mass is 10.1. The van der Waals surface area contributed by atoms with Gasteiger partial charge in [-0.1, -0.05) is 30.3 Å². The second kappa shape index (κ2) is 7.39. The first-order chi connectivity index (χ1) is 12.6. The maximum absolute atomic E-state index is 11.4. The zero-order valence-corrected chi connectivity index (χ0v) is 13.7. The van der Waals surface area contributed by atoms with E-state index in [1.165, 1.54) is 25.4 Å². The highest BCUT2D eigenvalue weighted by atomic mass is 16.6. The van der Waals surface area contributed by atoms with Gasteiger partial charge >= 0.3 is 11.7 Å². The minimum atomic E-state index is -0.563. The molecule has 8 heteroatoms. The molecule has 0 bridgehead atoms. The third-order valence-electron chi connectivity index (χ3n) is 3.56. The fourth-order valence-electron chi connectivity index (χ4n) is 2.29. The molecule has 2 aromatic heterocycles. The molecule has 0 atom stereocenters. The molecule has 3 rings (SSSR count). The summed E-state index contributed by atoms with van der Waals surface area (Å²) in [5.41, 5.74) is 1.86. The number of nitrogens with one attached hydrogen (secondary N) is 1. The lowest BCUT2D eigenvalue weighted by Crippen LogP contribution is -2.05. The van der Waals surface area contributed by atoms with Gasteiger partial charge in [0.1, 0.15) is 5.69 Å². The zero-order chi connectivity index (χ0) is 18.5. The van der Waals surface area contributed by atoms with E-state index in [1.54, 1.807) is 12.1 Å². The molecule has 0 amide bonds. The smallest absolute Gasteiger partial charge is 0.356 e. The van der Waals surface area contributed by atoms with Crippen molar-refractivity contribution in [3.8, 4) is 11.3 Å². The van der Waals surface area contributed by atoms with E-state index in [0.29, 0.717) is 11.4 Å². The second-order valence-electron chi connectivity index (χ2n) is 5.24. The molecular weight excluding hydrogens is 336 g/mol. The SMILES string of the molecule is COC(=O)c1ccc(Nc2nc(-c3ccccc3)ccc2[N+](=O)[O-])cn1. The van der Waals surface area contributed by atoms with Gasteiger partial charge in [-0.2, -0.15) is 0 Å². The minimum absolute atomic E-state index is 0.0870. The van der Waals surface area contributed by atoms with Crippen LogP contribution in [0.15, 0.2) is 60.8 Å². The van der Waals surface area contributed by atoms with E-state index in [9.17, 15) is 14.9 Å². The van der Waals surface area contributed by atoms with Crippen molar-refractivity contribution in [3.05, 3.63) is 76.6 Å². The molecule has 26 heavy (non-hydrogen) atoms. The number of benzene rings is 1. The number of carbonyl (C=O) groups excluding carboxylic acids is 1. The highest BCUT2D eigenvalue weighted by Crippen LogP contribution is 2.29. The number of esters is 1. The van der Waals surface area contributed by atoms with Crippen molar-refractivity contribution < 1.29 is 14.5 Å². The third kappa shape index (κ3) is 3.64. The molecule has 0 aliphatic rings. The molecule has 130 valence electrons. The Morgan fingerprint density at radius 2 is 1.88 bits per heavy atom. The van der Waals surface area contributed by atoms with Crippen molar-refractivity contribution in [1.29, 1.82) is 0 Å². The Kier molecular flexibility index (Phi) is 4.84. The van der Waals surface area contributed by atoms with E-state index in [4.69, 9.17) is 0 Å². The first-order valence-corrected chi connectivity index (χ1v) is 7.60. The highest BCUT2D eigenvalue weighted by molar-refractivity contribution is 5.87. The molecule has 0 radical (unpaired) electrons. The first-order valence-electron chi connectivity index (χ1n) is 7.60. The number of aromatic nitrogens is 2. The van der Waals surface area contributed by atoms with Crippen LogP contribution in [0.5, 0.6) is 0 Å². The van der Waals surface area contributed by atoms with Gasteiger partial charge < -0.3 is 10.1 Å². The Bertz CT molecular complexity index is 943. The standard InChI is InChI=1S/C18H14N4O4/c1-26-18(23)15-8-7-13(11-19-15)20-17-16(22(24)25)10-9-14(21-17)12-5-3-2-4-6-12/h2-11H,1H3,(H,20,21). The predicted molar refractivity (Wildman–Crippen MR) is 95.2 cm³/mol. The van der Waals surface area contributed by atoms with E-state index in [2.05, 4.69) is 20.0 Å². The van der Waals surface area contributed by atoms with Gasteiger partial charge in [0.2, 0.25) is 5.82 Å². The number of anilines is 2. The van der Waals surface area contributed by atoms with Crippen molar-refractivity contribution in [2.24, 2.45) is 0 Å². The predicted octanol–water partition coefficient (Wildman–Crippen LogP) is 3.58. The Hall–Kier alpha value is -3.81. The molecular formula is C18H14N4O4. The van der Waals surface area contributed by atoms with Gasteiger partial charge in [-0.15, -0.1) is 0 Å². The van der Waals surface area contributed by atoms with E-state index >= 15 is 0 Å². The number of pyridine rings is 2. The quantitative estimate of drug-likeness (QED) is 0.426. The van der Waals surface area contributed by atoms with Crippen LogP contribution in [0.25, 0.3) is 11.3 Å². The average molecular weight is 350 g/mol. The van der Waals surface area contributed by atoms with Crippen LogP contribution in [-0.4, -0.2) is 28.0 Å². The molecule has 0 spiro atoms. The van der Waals surface area contributed by atoms with Crippen LogP contribution in [0.1, 0.15) is 10.5 Å². The second-order valence-corrected chi connectivity index (χ2v) is 5.24. The van der Waals surface area contributed by atoms with Crippen molar-refractivity contribution in [3.63, 3.8) is 0 Å². The van der Waals surface area contributed by atoms with Crippen LogP contribution in [-0.2, 0) is 4.74 Å². The van der Waals surface area contributed by atoms with Gasteiger partial charge in [0.25, 0.3) is 0 Å². The number of hydrogen-bond donors (Lipinski definition) is 1. The number of carbonyl (C=O) groups is 1. The van der Waals surface area contributed by atoms with Crippen LogP contribution in [0, 0.1) is 10.1 Å². The van der Waals surface area contributed by atoms with Gasteiger partial charge in [0, 0.05) is 11.6 Å². The van der Waals surface area contributed by atoms with E-state index in [1.807, 2.05) is 30.3 Å². The number of methoxy groups -OCH3 is 1. The summed E-state index contributed by atoms with van der Waals surface area (Å²) in [6.07, 6.45) is 1.38. The Morgan fingerprint density at radius 3 is 2.50 bits per heavy atom. The number of nitrogens with zero attached hydrogens (tertiary/aromatic N) is 3. The molecule has 0 unspecified atom stereocenters. The molecule has 1 N–H and O–H groups in total. The maximum atomic E-state index is 11.4. The largest absolute Gasteiger partial charge is 0.464 e. The molecule has 0 aliphatic heterocycles. The van der Waals surface area contributed by atoms with Crippen LogP contribution in [0.4, 0.5) is 17.2 Å². The highest BCUT2D eigenvalue weighted by Gasteiger charge is 2.17. The van der Waals surface area contributed by atoms with Gasteiger partial charge in [-0.05, 0) is 18.2 Å². The Labute approximate surface area is 148 Å². The summed E-state index contributed by atoms with van der Waals surface area (Å²) in [6, 6.07) is 15.4. The van der Waals surface area contributed by atoms with Gasteiger partial charge in [0.05, 0.1) is 29.6 Å². The fourth-order valence-corrected chi connectivity index (χ4v) is 2.29. The molecule has 3 aromatic rings. The molecule has 0 saturated carbocycles. The minimum Gasteiger partial charge on any atom is -0.464 e. The van der Waals surface area contributed by atoms with E-state index in [-0.39, 0.29) is 17.2 Å². The third-order valence-corrected chi connectivity index (χ3v) is 3.56. The van der Waals surface area contributed by atoms with Crippen molar-refractivity contribution in [1.82, 2.24) is 9.97 Å².